The summed E-state index contributed by atoms with van der Waals surface area (Å²) < 4.78 is 0. The molecule has 0 radical (unpaired) electrons. The van der Waals surface area contributed by atoms with Gasteiger partial charge in [-0.1, -0.05) is 29.1 Å². The van der Waals surface area contributed by atoms with E-state index in [1.165, 1.54) is 25.3 Å². The molecule has 6 rings (SSSR count). The number of aromatic carboxylic acids is 1. The van der Waals surface area contributed by atoms with Gasteiger partial charge in [-0.05, 0) is 68.4 Å². The van der Waals surface area contributed by atoms with Crippen LogP contribution < -0.4 is 34.9 Å². The number of aromatic nitrogens is 1. The van der Waals surface area contributed by atoms with Gasteiger partial charge in [0.25, 0.3) is 5.91 Å². The molecule has 1 heterocycles. The van der Waals surface area contributed by atoms with Crippen molar-refractivity contribution in [2.45, 2.75) is 44.1 Å². The summed E-state index contributed by atoms with van der Waals surface area (Å²) in [5.74, 6) is 5.99. The van der Waals surface area contributed by atoms with Crippen LogP contribution in [-0.2, 0) is 4.79 Å². The Kier molecular flexibility index (Phi) is 5.93. The maximum atomic E-state index is 12.7. The Balaban J connectivity index is 0.00000136. The molecule has 5 nitrogen and oxygen atoms in total. The summed E-state index contributed by atoms with van der Waals surface area (Å²) in [4.78, 5) is 27.1. The third-order valence-electron chi connectivity index (χ3n) is 6.75. The van der Waals surface area contributed by atoms with E-state index in [2.05, 4.69) is 22.1 Å². The van der Waals surface area contributed by atoms with E-state index in [1.807, 2.05) is 0 Å². The number of nitrogens with one attached hydrogen (secondary N) is 2. The van der Waals surface area contributed by atoms with E-state index < -0.39 is 5.97 Å². The second-order valence-corrected chi connectivity index (χ2v) is 9.74. The van der Waals surface area contributed by atoms with Crippen molar-refractivity contribution >= 4 is 46.0 Å². The molecule has 0 saturated heterocycles. The van der Waals surface area contributed by atoms with Crippen LogP contribution in [0.2, 0.25) is 10.0 Å². The molecular formula is C22H21Cl2N2NaO3. The molecule has 0 atom stereocenters. The first-order valence-electron chi connectivity index (χ1n) is 9.90. The number of H-pyrrole nitrogens is 1. The van der Waals surface area contributed by atoms with Gasteiger partial charge in [-0.2, -0.15) is 0 Å². The molecule has 152 valence electrons. The van der Waals surface area contributed by atoms with Gasteiger partial charge in [0.15, 0.2) is 0 Å². The van der Waals surface area contributed by atoms with Crippen molar-refractivity contribution in [2.24, 2.45) is 17.8 Å². The van der Waals surface area contributed by atoms with Gasteiger partial charge in [0.1, 0.15) is 5.69 Å². The summed E-state index contributed by atoms with van der Waals surface area (Å²) in [7, 11) is 0. The van der Waals surface area contributed by atoms with Gasteiger partial charge in [-0.25, -0.2) is 4.79 Å². The molecule has 3 N–H and O–H groups in total. The third kappa shape index (κ3) is 3.89. The minimum absolute atomic E-state index is 0. The monoisotopic (exact) mass is 454 g/mol. The Bertz CT molecular complexity index is 1090. The molecule has 4 fully saturated rings. The molecule has 1 amide bonds. The van der Waals surface area contributed by atoms with Gasteiger partial charge < -0.3 is 16.8 Å². The SMILES string of the molecule is O=C(C#Cc1c(C(=O)O)[nH]c2cc(Cl)cc(Cl)c12)NC12CC3CC(CC(C3)C1)C2.[H-].[Na+]. The van der Waals surface area contributed by atoms with Gasteiger partial charge in [0, 0.05) is 21.9 Å². The number of rotatable bonds is 2. The van der Waals surface area contributed by atoms with E-state index >= 15 is 0 Å². The first-order chi connectivity index (χ1) is 13.8. The average Bonchev–Trinajstić information content (AvgIpc) is 2.97. The van der Waals surface area contributed by atoms with Crippen molar-refractivity contribution in [3.05, 3.63) is 33.4 Å². The summed E-state index contributed by atoms with van der Waals surface area (Å²) in [6.45, 7) is 0. The Morgan fingerprint density at radius 1 is 1.13 bits per heavy atom. The average molecular weight is 455 g/mol. The normalized spacial score (nSPS) is 28.5. The van der Waals surface area contributed by atoms with Crippen LogP contribution in [0.1, 0.15) is 56.0 Å². The standard InChI is InChI=1S/C22H20Cl2N2O3.Na.H/c23-14-6-16(24)19-15(20(21(28)29)25-17(19)7-14)1-2-18(27)26-22-8-11-3-12(9-22)5-13(4-11)10-22;;/h6-7,11-13,25H,3-5,8-10H2,(H,26,27)(H,28,29);;/q;+1;-1. The molecule has 0 unspecified atom stereocenters. The van der Waals surface area contributed by atoms with Crippen LogP contribution in [0.25, 0.3) is 10.9 Å². The summed E-state index contributed by atoms with van der Waals surface area (Å²) in [6, 6.07) is 3.13. The van der Waals surface area contributed by atoms with Gasteiger partial charge in [0.05, 0.1) is 16.1 Å². The first kappa shape index (κ1) is 22.0. The topological polar surface area (TPSA) is 82.2 Å². The molecule has 0 spiro atoms. The number of aromatic amines is 1. The summed E-state index contributed by atoms with van der Waals surface area (Å²) in [5.41, 5.74) is 0.446. The zero-order valence-corrected chi connectivity index (χ0v) is 20.2. The number of halogens is 2. The zero-order valence-electron chi connectivity index (χ0n) is 17.6. The van der Waals surface area contributed by atoms with Crippen LogP contribution in [0.4, 0.5) is 0 Å². The van der Waals surface area contributed by atoms with E-state index in [0.29, 0.717) is 38.7 Å². The summed E-state index contributed by atoms with van der Waals surface area (Å²) in [5, 5.41) is 13.9. The minimum Gasteiger partial charge on any atom is -1.00 e. The predicted molar refractivity (Wildman–Crippen MR) is 112 cm³/mol. The third-order valence-corrected chi connectivity index (χ3v) is 7.26. The quantitative estimate of drug-likeness (QED) is 0.477. The number of amides is 1. The number of carbonyl (C=O) groups excluding carboxylic acids is 1. The zero-order chi connectivity index (χ0) is 20.3. The molecule has 4 bridgehead atoms. The fourth-order valence-electron chi connectivity index (χ4n) is 6.19. The molecular weight excluding hydrogens is 434 g/mol. The Morgan fingerprint density at radius 2 is 1.73 bits per heavy atom. The number of carboxylic acid groups (broad SMARTS) is 1. The minimum atomic E-state index is -1.17. The van der Waals surface area contributed by atoms with Crippen LogP contribution in [0, 0.1) is 29.6 Å². The van der Waals surface area contributed by atoms with Gasteiger partial charge in [-0.3, -0.25) is 4.79 Å². The molecule has 0 aliphatic heterocycles. The van der Waals surface area contributed by atoms with Crippen molar-refractivity contribution < 1.29 is 45.7 Å². The number of carboxylic acids is 1. The second kappa shape index (κ2) is 8.07. The summed E-state index contributed by atoms with van der Waals surface area (Å²) in [6.07, 6.45) is 6.97. The van der Waals surface area contributed by atoms with Crippen LogP contribution in [-0.4, -0.2) is 27.5 Å². The molecule has 8 heteroatoms. The Labute approximate surface area is 208 Å². The molecule has 4 saturated carbocycles. The van der Waals surface area contributed by atoms with Crippen LogP contribution in [0.15, 0.2) is 12.1 Å². The fraction of sp³-hybridized carbons (Fsp3) is 0.455. The summed E-state index contributed by atoms with van der Waals surface area (Å²) >= 11 is 12.3. The molecule has 2 aromatic rings. The maximum Gasteiger partial charge on any atom is 1.00 e. The predicted octanol–water partition coefficient (Wildman–Crippen LogP) is 1.73. The number of fused-ring (bicyclic) bond motifs is 1. The number of hydrogen-bond donors (Lipinski definition) is 3. The maximum absolute atomic E-state index is 12.7. The molecule has 1 aromatic heterocycles. The van der Waals surface area contributed by atoms with E-state index in [-0.39, 0.29) is 53.7 Å². The fourth-order valence-corrected chi connectivity index (χ4v) is 6.78. The van der Waals surface area contributed by atoms with Crippen molar-refractivity contribution in [1.29, 1.82) is 0 Å². The van der Waals surface area contributed by atoms with Crippen molar-refractivity contribution in [3.8, 4) is 11.8 Å². The van der Waals surface area contributed by atoms with Gasteiger partial charge in [0.2, 0.25) is 0 Å². The van der Waals surface area contributed by atoms with Crippen LogP contribution in [0.5, 0.6) is 0 Å². The second-order valence-electron chi connectivity index (χ2n) is 8.89. The Morgan fingerprint density at radius 3 is 2.30 bits per heavy atom. The van der Waals surface area contributed by atoms with Gasteiger partial charge >= 0.3 is 35.5 Å². The van der Waals surface area contributed by atoms with Gasteiger partial charge in [-0.15, -0.1) is 0 Å². The molecule has 4 aliphatic rings. The van der Waals surface area contributed by atoms with E-state index in [4.69, 9.17) is 23.2 Å². The Hall–Kier alpha value is -1.16. The molecule has 1 aromatic carbocycles. The number of benzene rings is 1. The largest absolute Gasteiger partial charge is 1.00 e. The van der Waals surface area contributed by atoms with E-state index in [0.717, 1.165) is 19.3 Å². The number of carbonyl (C=O) groups is 2. The van der Waals surface area contributed by atoms with Crippen LogP contribution in [0.3, 0.4) is 0 Å². The van der Waals surface area contributed by atoms with Crippen molar-refractivity contribution in [1.82, 2.24) is 10.3 Å². The molecule has 30 heavy (non-hydrogen) atoms. The smallest absolute Gasteiger partial charge is 1.00 e. The van der Waals surface area contributed by atoms with Crippen molar-refractivity contribution in [2.75, 3.05) is 0 Å². The van der Waals surface area contributed by atoms with E-state index in [9.17, 15) is 14.7 Å². The van der Waals surface area contributed by atoms with E-state index in [1.54, 1.807) is 6.07 Å². The van der Waals surface area contributed by atoms with Crippen LogP contribution >= 0.6 is 23.2 Å². The van der Waals surface area contributed by atoms with Crippen molar-refractivity contribution in [3.63, 3.8) is 0 Å². The molecule has 4 aliphatic carbocycles. The first-order valence-corrected chi connectivity index (χ1v) is 10.7. The number of hydrogen-bond acceptors (Lipinski definition) is 2.